The summed E-state index contributed by atoms with van der Waals surface area (Å²) in [5, 5.41) is 0.511. The number of rotatable bonds is 4. The number of carbonyl (C=O) groups is 3. The first-order valence-corrected chi connectivity index (χ1v) is 8.60. The van der Waals surface area contributed by atoms with Crippen LogP contribution in [-0.4, -0.2) is 29.0 Å². The molecule has 0 radical (unpaired) electrons. The molecule has 0 bridgehead atoms. The third-order valence-corrected chi connectivity index (χ3v) is 4.61. The molecular weight excluding hydrogens is 334 g/mol. The van der Waals surface area contributed by atoms with E-state index in [2.05, 4.69) is 0 Å². The number of amides is 2. The first-order valence-electron chi connectivity index (χ1n) is 8.60. The van der Waals surface area contributed by atoms with Crippen molar-refractivity contribution in [3.8, 4) is 5.75 Å². The van der Waals surface area contributed by atoms with Gasteiger partial charge in [-0.05, 0) is 56.0 Å². The molecule has 1 aliphatic carbocycles. The fraction of sp³-hybridized carbons (Fsp3) is 0.250. The van der Waals surface area contributed by atoms with E-state index in [9.17, 15) is 14.4 Å². The van der Waals surface area contributed by atoms with Gasteiger partial charge in [0.2, 0.25) is 0 Å². The van der Waals surface area contributed by atoms with Crippen molar-refractivity contribution in [3.63, 3.8) is 0 Å². The van der Waals surface area contributed by atoms with Gasteiger partial charge in [-0.3, -0.25) is 9.59 Å². The molecule has 2 aromatic rings. The lowest BCUT2D eigenvalue weighted by Gasteiger charge is -2.15. The molecule has 4 rings (SSSR count). The van der Waals surface area contributed by atoms with Crippen molar-refractivity contribution in [3.05, 3.63) is 65.2 Å². The van der Waals surface area contributed by atoms with Gasteiger partial charge in [0.15, 0.2) is 0 Å². The van der Waals surface area contributed by atoms with E-state index in [0.717, 1.165) is 25.7 Å². The summed E-state index contributed by atoms with van der Waals surface area (Å²) in [6.07, 6.45) is 4.46. The second-order valence-electron chi connectivity index (χ2n) is 6.38. The number of nitrogens with zero attached hydrogens (tertiary/aromatic N) is 1. The van der Waals surface area contributed by atoms with Crippen LogP contribution >= 0.6 is 0 Å². The predicted molar refractivity (Wildman–Crippen MR) is 91.7 cm³/mol. The normalized spacial score (nSPS) is 16.7. The van der Waals surface area contributed by atoms with E-state index in [-0.39, 0.29) is 22.8 Å². The molecule has 2 aromatic carbocycles. The van der Waals surface area contributed by atoms with Crippen LogP contribution in [0.2, 0.25) is 0 Å². The Hall–Kier alpha value is -3.15. The maximum absolute atomic E-state index is 12.4. The minimum absolute atomic E-state index is 0.164. The summed E-state index contributed by atoms with van der Waals surface area (Å²) in [5.41, 5.74) is 0.671. The van der Waals surface area contributed by atoms with Gasteiger partial charge in [0, 0.05) is 0 Å². The number of ether oxygens (including phenoxy) is 1. The molecule has 0 unspecified atom stereocenters. The largest absolute Gasteiger partial charge is 0.490 e. The second kappa shape index (κ2) is 6.63. The maximum atomic E-state index is 12.4. The molecule has 1 fully saturated rings. The number of fused-ring (bicyclic) bond motifs is 1. The minimum atomic E-state index is -0.781. The fourth-order valence-corrected chi connectivity index (χ4v) is 3.28. The minimum Gasteiger partial charge on any atom is -0.490 e. The van der Waals surface area contributed by atoms with Crippen LogP contribution in [0.4, 0.5) is 0 Å². The topological polar surface area (TPSA) is 72.9 Å². The van der Waals surface area contributed by atoms with Crippen LogP contribution in [0, 0.1) is 0 Å². The van der Waals surface area contributed by atoms with Crippen LogP contribution in [0.5, 0.6) is 5.75 Å². The smallest absolute Gasteiger partial charge is 0.364 e. The zero-order valence-electron chi connectivity index (χ0n) is 14.0. The van der Waals surface area contributed by atoms with Crippen LogP contribution in [0.25, 0.3) is 0 Å². The second-order valence-corrected chi connectivity index (χ2v) is 6.38. The summed E-state index contributed by atoms with van der Waals surface area (Å²) >= 11 is 0. The van der Waals surface area contributed by atoms with Gasteiger partial charge in [0.05, 0.1) is 22.8 Å². The van der Waals surface area contributed by atoms with Crippen LogP contribution in [0.3, 0.4) is 0 Å². The number of hydrogen-bond acceptors (Lipinski definition) is 5. The molecule has 6 heteroatoms. The Morgan fingerprint density at radius 3 is 2.23 bits per heavy atom. The van der Waals surface area contributed by atoms with Crippen LogP contribution in [0.15, 0.2) is 48.5 Å². The zero-order valence-corrected chi connectivity index (χ0v) is 14.0. The van der Waals surface area contributed by atoms with Crippen molar-refractivity contribution in [2.45, 2.75) is 31.8 Å². The maximum Gasteiger partial charge on any atom is 0.364 e. The Kier molecular flexibility index (Phi) is 4.16. The molecule has 0 N–H and O–H groups in total. The molecule has 1 aliphatic heterocycles. The first-order chi connectivity index (χ1) is 12.6. The monoisotopic (exact) mass is 351 g/mol. The highest BCUT2D eigenvalue weighted by atomic mass is 16.7. The molecule has 0 atom stereocenters. The van der Waals surface area contributed by atoms with Gasteiger partial charge in [0.1, 0.15) is 5.75 Å². The Balaban J connectivity index is 1.49. The summed E-state index contributed by atoms with van der Waals surface area (Å²) in [4.78, 5) is 42.0. The molecule has 132 valence electrons. The van der Waals surface area contributed by atoms with Crippen molar-refractivity contribution in [1.29, 1.82) is 0 Å². The number of hydrogen-bond donors (Lipinski definition) is 0. The van der Waals surface area contributed by atoms with E-state index in [1.54, 1.807) is 36.4 Å². The quantitative estimate of drug-likeness (QED) is 0.790. The summed E-state index contributed by atoms with van der Waals surface area (Å²) < 4.78 is 5.87. The lowest BCUT2D eigenvalue weighted by molar-refractivity contribution is -0.0584. The van der Waals surface area contributed by atoms with Crippen LogP contribution < -0.4 is 4.74 Å². The van der Waals surface area contributed by atoms with E-state index < -0.39 is 17.8 Å². The fourth-order valence-electron chi connectivity index (χ4n) is 3.28. The molecule has 0 aromatic heterocycles. The van der Waals surface area contributed by atoms with Crippen molar-refractivity contribution in [1.82, 2.24) is 5.06 Å². The Labute approximate surface area is 150 Å². The highest BCUT2D eigenvalue weighted by Crippen LogP contribution is 2.26. The summed E-state index contributed by atoms with van der Waals surface area (Å²) in [5.74, 6) is -1.49. The average Bonchev–Trinajstić information content (AvgIpc) is 3.25. The molecule has 6 nitrogen and oxygen atoms in total. The van der Waals surface area contributed by atoms with Crippen molar-refractivity contribution in [2.24, 2.45) is 0 Å². The van der Waals surface area contributed by atoms with Crippen molar-refractivity contribution in [2.75, 3.05) is 0 Å². The van der Waals surface area contributed by atoms with Gasteiger partial charge in [0.25, 0.3) is 11.8 Å². The number of carbonyl (C=O) groups excluding carboxylic acids is 3. The number of imide groups is 1. The van der Waals surface area contributed by atoms with E-state index in [1.165, 1.54) is 12.1 Å². The molecule has 1 heterocycles. The highest BCUT2D eigenvalue weighted by Gasteiger charge is 2.38. The van der Waals surface area contributed by atoms with Crippen LogP contribution in [0.1, 0.15) is 56.8 Å². The van der Waals surface area contributed by atoms with Crippen LogP contribution in [-0.2, 0) is 4.84 Å². The van der Waals surface area contributed by atoms with E-state index in [1.807, 2.05) is 0 Å². The average molecular weight is 351 g/mol. The predicted octanol–water partition coefficient (Wildman–Crippen LogP) is 3.38. The van der Waals surface area contributed by atoms with Gasteiger partial charge in [-0.25, -0.2) is 4.79 Å². The lowest BCUT2D eigenvalue weighted by Crippen LogP contribution is -2.32. The van der Waals surface area contributed by atoms with E-state index >= 15 is 0 Å². The molecule has 0 spiro atoms. The molecule has 2 aliphatic rings. The molecular formula is C20H17NO5. The molecule has 0 saturated heterocycles. The molecule has 1 saturated carbocycles. The van der Waals surface area contributed by atoms with Gasteiger partial charge in [-0.2, -0.15) is 0 Å². The standard InChI is InChI=1S/C20H17NO5/c22-18-16-10-3-4-11-17(16)19(23)21(18)26-20(24)13-6-5-9-15(12-13)25-14-7-1-2-8-14/h3-6,9-12,14H,1-2,7-8H2. The van der Waals surface area contributed by atoms with Gasteiger partial charge in [-0.1, -0.05) is 23.3 Å². The molecule has 2 amide bonds. The summed E-state index contributed by atoms with van der Waals surface area (Å²) in [7, 11) is 0. The summed E-state index contributed by atoms with van der Waals surface area (Å²) in [6, 6.07) is 12.9. The first kappa shape index (κ1) is 16.3. The Morgan fingerprint density at radius 1 is 0.923 bits per heavy atom. The van der Waals surface area contributed by atoms with Gasteiger partial charge in [-0.15, -0.1) is 0 Å². The number of benzene rings is 2. The zero-order chi connectivity index (χ0) is 18.1. The third kappa shape index (κ3) is 2.94. The third-order valence-electron chi connectivity index (χ3n) is 4.61. The highest BCUT2D eigenvalue weighted by molar-refractivity contribution is 6.21. The summed E-state index contributed by atoms with van der Waals surface area (Å²) in [6.45, 7) is 0. The van der Waals surface area contributed by atoms with E-state index in [0.29, 0.717) is 10.8 Å². The number of hydroxylamine groups is 2. The lowest BCUT2D eigenvalue weighted by atomic mass is 10.1. The molecule has 26 heavy (non-hydrogen) atoms. The van der Waals surface area contributed by atoms with Gasteiger partial charge >= 0.3 is 5.97 Å². The van der Waals surface area contributed by atoms with Crippen molar-refractivity contribution >= 4 is 17.8 Å². The SMILES string of the molecule is O=C(ON1C(=O)c2ccccc2C1=O)c1cccc(OC2CCCC2)c1. The van der Waals surface area contributed by atoms with E-state index in [4.69, 9.17) is 9.57 Å². The van der Waals surface area contributed by atoms with Gasteiger partial charge < -0.3 is 9.57 Å². The van der Waals surface area contributed by atoms with Crippen molar-refractivity contribution < 1.29 is 24.0 Å². The Bertz CT molecular complexity index is 850. The Morgan fingerprint density at radius 2 is 1.58 bits per heavy atom.